The van der Waals surface area contributed by atoms with Crippen LogP contribution >= 0.6 is 0 Å². The molecule has 4 heteroatoms. The monoisotopic (exact) mass is 283 g/mol. The Labute approximate surface area is 125 Å². The average molecular weight is 283 g/mol. The van der Waals surface area contributed by atoms with Crippen molar-refractivity contribution in [2.75, 3.05) is 18.8 Å². The molecule has 21 heavy (non-hydrogen) atoms. The molecule has 110 valence electrons. The summed E-state index contributed by atoms with van der Waals surface area (Å²) >= 11 is 0. The third kappa shape index (κ3) is 2.58. The van der Waals surface area contributed by atoms with Crippen LogP contribution in [0.4, 0.5) is 5.82 Å². The minimum atomic E-state index is 0.0804. The Kier molecular flexibility index (Phi) is 3.78. The molecule has 0 spiro atoms. The van der Waals surface area contributed by atoms with Gasteiger partial charge in [0.05, 0.1) is 5.56 Å². The Balaban J connectivity index is 1.96. The second-order valence-corrected chi connectivity index (χ2v) is 5.77. The van der Waals surface area contributed by atoms with E-state index in [4.69, 9.17) is 5.73 Å². The van der Waals surface area contributed by atoms with Crippen molar-refractivity contribution in [2.24, 2.45) is 5.92 Å². The lowest BCUT2D eigenvalue weighted by molar-refractivity contribution is 0.0673. The number of anilines is 1. The SMILES string of the molecule is CCC1CCCN(C(=O)c2cnc(N)c3ccccc23)C1. The molecule has 0 bridgehead atoms. The molecule has 3 rings (SSSR count). The van der Waals surface area contributed by atoms with E-state index in [2.05, 4.69) is 11.9 Å². The highest BCUT2D eigenvalue weighted by molar-refractivity contribution is 6.08. The van der Waals surface area contributed by atoms with Gasteiger partial charge in [-0.15, -0.1) is 0 Å². The van der Waals surface area contributed by atoms with Crippen molar-refractivity contribution >= 4 is 22.5 Å². The summed E-state index contributed by atoms with van der Waals surface area (Å²) in [5.74, 6) is 1.18. The number of fused-ring (bicyclic) bond motifs is 1. The van der Waals surface area contributed by atoms with E-state index in [9.17, 15) is 4.79 Å². The molecule has 1 fully saturated rings. The Hall–Kier alpha value is -2.10. The molecule has 1 aliphatic heterocycles. The number of hydrogen-bond donors (Lipinski definition) is 1. The van der Waals surface area contributed by atoms with Crippen LogP contribution in [-0.2, 0) is 0 Å². The second kappa shape index (κ2) is 5.72. The number of rotatable bonds is 2. The normalized spacial score (nSPS) is 18.9. The summed E-state index contributed by atoms with van der Waals surface area (Å²) in [6.07, 6.45) is 5.06. The molecule has 1 amide bonds. The van der Waals surface area contributed by atoms with Gasteiger partial charge in [0, 0.05) is 24.7 Å². The third-order valence-electron chi connectivity index (χ3n) is 4.44. The predicted molar refractivity (Wildman–Crippen MR) is 85.1 cm³/mol. The van der Waals surface area contributed by atoms with E-state index in [-0.39, 0.29) is 5.91 Å². The molecule has 0 radical (unpaired) electrons. The fourth-order valence-electron chi connectivity index (χ4n) is 3.14. The molecule has 2 N–H and O–H groups in total. The van der Waals surface area contributed by atoms with Crippen LogP contribution in [0, 0.1) is 5.92 Å². The van der Waals surface area contributed by atoms with Crippen LogP contribution in [0.15, 0.2) is 30.5 Å². The van der Waals surface area contributed by atoms with Gasteiger partial charge in [0.1, 0.15) is 5.82 Å². The van der Waals surface area contributed by atoms with Crippen molar-refractivity contribution in [1.82, 2.24) is 9.88 Å². The number of nitrogens with zero attached hydrogens (tertiary/aromatic N) is 2. The number of carbonyl (C=O) groups is 1. The van der Waals surface area contributed by atoms with E-state index < -0.39 is 0 Å². The predicted octanol–water partition coefficient (Wildman–Crippen LogP) is 3.08. The molecule has 1 aromatic heterocycles. The average Bonchev–Trinajstić information content (AvgIpc) is 2.55. The molecule has 1 unspecified atom stereocenters. The molecular weight excluding hydrogens is 262 g/mol. The maximum atomic E-state index is 12.8. The van der Waals surface area contributed by atoms with Crippen LogP contribution in [0.1, 0.15) is 36.5 Å². The number of benzene rings is 1. The quantitative estimate of drug-likeness (QED) is 0.921. The minimum Gasteiger partial charge on any atom is -0.383 e. The highest BCUT2D eigenvalue weighted by atomic mass is 16.2. The zero-order valence-corrected chi connectivity index (χ0v) is 12.4. The van der Waals surface area contributed by atoms with Crippen LogP contribution in [0.3, 0.4) is 0 Å². The Morgan fingerprint density at radius 3 is 2.90 bits per heavy atom. The van der Waals surface area contributed by atoms with Gasteiger partial charge >= 0.3 is 0 Å². The summed E-state index contributed by atoms with van der Waals surface area (Å²) in [6, 6.07) is 7.72. The van der Waals surface area contributed by atoms with Gasteiger partial charge in [0.25, 0.3) is 5.91 Å². The highest BCUT2D eigenvalue weighted by Crippen LogP contribution is 2.26. The van der Waals surface area contributed by atoms with Gasteiger partial charge in [-0.1, -0.05) is 37.6 Å². The topological polar surface area (TPSA) is 59.2 Å². The van der Waals surface area contributed by atoms with E-state index in [0.29, 0.717) is 17.3 Å². The summed E-state index contributed by atoms with van der Waals surface area (Å²) in [4.78, 5) is 19.0. The van der Waals surface area contributed by atoms with Gasteiger partial charge in [-0.3, -0.25) is 4.79 Å². The van der Waals surface area contributed by atoms with Gasteiger partial charge in [-0.2, -0.15) is 0 Å². The second-order valence-electron chi connectivity index (χ2n) is 5.77. The summed E-state index contributed by atoms with van der Waals surface area (Å²) < 4.78 is 0. The van der Waals surface area contributed by atoms with E-state index in [1.54, 1.807) is 6.20 Å². The number of amides is 1. The minimum absolute atomic E-state index is 0.0804. The van der Waals surface area contributed by atoms with Crippen molar-refractivity contribution in [3.05, 3.63) is 36.0 Å². The molecule has 0 aliphatic carbocycles. The van der Waals surface area contributed by atoms with Crippen molar-refractivity contribution in [2.45, 2.75) is 26.2 Å². The lowest BCUT2D eigenvalue weighted by Gasteiger charge is -2.32. The van der Waals surface area contributed by atoms with E-state index >= 15 is 0 Å². The fourth-order valence-corrected chi connectivity index (χ4v) is 3.14. The zero-order valence-electron chi connectivity index (χ0n) is 12.4. The van der Waals surface area contributed by atoms with Gasteiger partial charge in [0.15, 0.2) is 0 Å². The number of hydrogen-bond acceptors (Lipinski definition) is 3. The first kappa shape index (κ1) is 13.9. The van der Waals surface area contributed by atoms with Crippen molar-refractivity contribution < 1.29 is 4.79 Å². The zero-order chi connectivity index (χ0) is 14.8. The largest absolute Gasteiger partial charge is 0.383 e. The molecule has 4 nitrogen and oxygen atoms in total. The van der Waals surface area contributed by atoms with Crippen molar-refractivity contribution in [1.29, 1.82) is 0 Å². The molecular formula is C17H21N3O. The number of carbonyl (C=O) groups excluding carboxylic acids is 1. The Morgan fingerprint density at radius 1 is 1.38 bits per heavy atom. The van der Waals surface area contributed by atoms with Gasteiger partial charge < -0.3 is 10.6 Å². The first-order valence-electron chi connectivity index (χ1n) is 7.63. The maximum Gasteiger partial charge on any atom is 0.256 e. The maximum absolute atomic E-state index is 12.8. The summed E-state index contributed by atoms with van der Waals surface area (Å²) in [6.45, 7) is 3.89. The third-order valence-corrected chi connectivity index (χ3v) is 4.44. The van der Waals surface area contributed by atoms with Gasteiger partial charge in [0.2, 0.25) is 0 Å². The molecule has 1 saturated heterocycles. The fraction of sp³-hybridized carbons (Fsp3) is 0.412. The van der Waals surface area contributed by atoms with Crippen LogP contribution in [0.25, 0.3) is 10.8 Å². The molecule has 2 heterocycles. The first-order chi connectivity index (χ1) is 10.2. The first-order valence-corrected chi connectivity index (χ1v) is 7.63. The number of nitrogen functional groups attached to an aromatic ring is 1. The molecule has 2 aromatic rings. The smallest absolute Gasteiger partial charge is 0.256 e. The Bertz CT molecular complexity index is 668. The van der Waals surface area contributed by atoms with E-state index in [1.165, 1.54) is 6.42 Å². The number of piperidine rings is 1. The highest BCUT2D eigenvalue weighted by Gasteiger charge is 2.25. The summed E-state index contributed by atoms with van der Waals surface area (Å²) in [5.41, 5.74) is 6.57. The lowest BCUT2D eigenvalue weighted by atomic mass is 9.95. The number of aromatic nitrogens is 1. The van der Waals surface area contributed by atoms with Crippen LogP contribution in [0.2, 0.25) is 0 Å². The number of nitrogens with two attached hydrogens (primary N) is 1. The standard InChI is InChI=1S/C17H21N3O/c1-2-12-6-5-9-20(11-12)17(21)15-10-19-16(18)14-8-4-3-7-13(14)15/h3-4,7-8,10,12H,2,5-6,9,11H2,1H3,(H2,18,19). The van der Waals surface area contributed by atoms with E-state index in [0.717, 1.165) is 36.7 Å². The number of pyridine rings is 1. The van der Waals surface area contributed by atoms with Crippen LogP contribution in [0.5, 0.6) is 0 Å². The number of likely N-dealkylation sites (tertiary alicyclic amines) is 1. The van der Waals surface area contributed by atoms with E-state index in [1.807, 2.05) is 29.2 Å². The van der Waals surface area contributed by atoms with Gasteiger partial charge in [-0.05, 0) is 24.1 Å². The lowest BCUT2D eigenvalue weighted by Crippen LogP contribution is -2.39. The van der Waals surface area contributed by atoms with Crippen LogP contribution in [-0.4, -0.2) is 28.9 Å². The molecule has 0 saturated carbocycles. The molecule has 1 atom stereocenters. The van der Waals surface area contributed by atoms with Gasteiger partial charge in [-0.25, -0.2) is 4.98 Å². The van der Waals surface area contributed by atoms with Crippen LogP contribution < -0.4 is 5.73 Å². The van der Waals surface area contributed by atoms with Crippen molar-refractivity contribution in [3.8, 4) is 0 Å². The summed E-state index contributed by atoms with van der Waals surface area (Å²) in [5, 5.41) is 1.75. The molecule has 1 aromatic carbocycles. The molecule has 1 aliphatic rings. The summed E-state index contributed by atoms with van der Waals surface area (Å²) in [7, 11) is 0. The Morgan fingerprint density at radius 2 is 2.14 bits per heavy atom. The van der Waals surface area contributed by atoms with Crippen molar-refractivity contribution in [3.63, 3.8) is 0 Å².